The summed E-state index contributed by atoms with van der Waals surface area (Å²) < 4.78 is 40.7. The fraction of sp³-hybridized carbons (Fsp3) is 0.111. The van der Waals surface area contributed by atoms with Gasteiger partial charge in [0.25, 0.3) is 5.91 Å². The lowest BCUT2D eigenvalue weighted by atomic mass is 10.1. The number of anilines is 1. The van der Waals surface area contributed by atoms with E-state index in [1.807, 2.05) is 0 Å². The van der Waals surface area contributed by atoms with Crippen molar-refractivity contribution in [3.05, 3.63) is 76.1 Å². The molecule has 2 aromatic carbocycles. The minimum absolute atomic E-state index is 0.224. The van der Waals surface area contributed by atoms with Gasteiger partial charge in [0, 0.05) is 18.6 Å². The molecular formula is C18H13F3N2O2. The Balaban J connectivity index is 2.05. The molecule has 0 fully saturated rings. The number of amides is 1. The molecule has 0 saturated carbocycles. The Hall–Kier alpha value is -3.09. The molecule has 1 amide bonds. The molecule has 4 nitrogen and oxygen atoms in total. The van der Waals surface area contributed by atoms with E-state index < -0.39 is 28.8 Å². The molecule has 3 aromatic rings. The van der Waals surface area contributed by atoms with Gasteiger partial charge < -0.3 is 9.88 Å². The van der Waals surface area contributed by atoms with E-state index in [9.17, 15) is 22.8 Å². The zero-order valence-corrected chi connectivity index (χ0v) is 13.1. The number of hydrogen-bond acceptors (Lipinski definition) is 2. The molecule has 7 heteroatoms. The van der Waals surface area contributed by atoms with Gasteiger partial charge in [0.15, 0.2) is 0 Å². The lowest BCUT2D eigenvalue weighted by Gasteiger charge is -2.14. The van der Waals surface area contributed by atoms with Gasteiger partial charge in [-0.1, -0.05) is 24.3 Å². The quantitative estimate of drug-likeness (QED) is 0.767. The van der Waals surface area contributed by atoms with Crippen molar-refractivity contribution >= 4 is 22.5 Å². The number of rotatable bonds is 2. The van der Waals surface area contributed by atoms with Gasteiger partial charge in [-0.25, -0.2) is 0 Å². The average Bonchev–Trinajstić information content (AvgIpc) is 2.57. The highest BCUT2D eigenvalue weighted by Gasteiger charge is 2.33. The number of pyridine rings is 1. The minimum atomic E-state index is -4.61. The Morgan fingerprint density at radius 1 is 1.04 bits per heavy atom. The van der Waals surface area contributed by atoms with Gasteiger partial charge in [0.05, 0.1) is 16.8 Å². The average molecular weight is 346 g/mol. The first kappa shape index (κ1) is 16.8. The van der Waals surface area contributed by atoms with Crippen LogP contribution in [0, 0.1) is 0 Å². The van der Waals surface area contributed by atoms with Crippen LogP contribution < -0.4 is 10.7 Å². The molecule has 128 valence electrons. The number of benzene rings is 2. The van der Waals surface area contributed by atoms with Crippen molar-refractivity contribution in [3.8, 4) is 0 Å². The maximum absolute atomic E-state index is 13.0. The second-order valence-corrected chi connectivity index (χ2v) is 5.50. The van der Waals surface area contributed by atoms with Crippen LogP contribution in [-0.2, 0) is 13.2 Å². The number of nitrogens with zero attached hydrogens (tertiary/aromatic N) is 1. The number of aryl methyl sites for hydroxylation is 1. The smallest absolute Gasteiger partial charge is 0.350 e. The van der Waals surface area contributed by atoms with Gasteiger partial charge in [0.1, 0.15) is 5.56 Å². The first-order valence-electron chi connectivity index (χ1n) is 7.35. The van der Waals surface area contributed by atoms with Crippen molar-refractivity contribution in [1.82, 2.24) is 4.57 Å². The number of hydrogen-bond donors (Lipinski definition) is 1. The number of halogens is 3. The maximum atomic E-state index is 13.0. The third-order valence-electron chi connectivity index (χ3n) is 3.82. The zero-order valence-electron chi connectivity index (χ0n) is 13.1. The van der Waals surface area contributed by atoms with Crippen molar-refractivity contribution in [3.63, 3.8) is 0 Å². The molecule has 0 radical (unpaired) electrons. The molecular weight excluding hydrogens is 333 g/mol. The van der Waals surface area contributed by atoms with Gasteiger partial charge >= 0.3 is 6.18 Å². The molecule has 0 aliphatic rings. The van der Waals surface area contributed by atoms with E-state index in [2.05, 4.69) is 5.32 Å². The van der Waals surface area contributed by atoms with Crippen LogP contribution in [0.4, 0.5) is 18.9 Å². The molecule has 1 N–H and O–H groups in total. The lowest BCUT2D eigenvalue weighted by Crippen LogP contribution is -2.24. The Morgan fingerprint density at radius 3 is 2.40 bits per heavy atom. The predicted octanol–water partition coefficient (Wildman–Crippen LogP) is 3.81. The second kappa shape index (κ2) is 6.08. The third kappa shape index (κ3) is 3.13. The van der Waals surface area contributed by atoms with E-state index in [1.165, 1.54) is 18.3 Å². The number of carbonyl (C=O) groups excluding carboxylic acids is 1. The highest BCUT2D eigenvalue weighted by molar-refractivity contribution is 6.06. The van der Waals surface area contributed by atoms with Crippen LogP contribution in [0.15, 0.2) is 59.5 Å². The van der Waals surface area contributed by atoms with E-state index in [1.54, 1.807) is 35.9 Å². The third-order valence-corrected chi connectivity index (χ3v) is 3.82. The van der Waals surface area contributed by atoms with Crippen LogP contribution in [0.25, 0.3) is 10.9 Å². The summed E-state index contributed by atoms with van der Waals surface area (Å²) in [5.74, 6) is -0.886. The number of fused-ring (bicyclic) bond motifs is 1. The summed E-state index contributed by atoms with van der Waals surface area (Å²) in [6, 6.07) is 11.3. The number of alkyl halides is 3. The monoisotopic (exact) mass is 346 g/mol. The molecule has 1 aromatic heterocycles. The molecule has 0 unspecified atom stereocenters. The molecule has 1 heterocycles. The van der Waals surface area contributed by atoms with Crippen LogP contribution in [0.3, 0.4) is 0 Å². The summed E-state index contributed by atoms with van der Waals surface area (Å²) in [4.78, 5) is 24.9. The number of para-hydroxylation sites is 2. The Bertz CT molecular complexity index is 1020. The van der Waals surface area contributed by atoms with Crippen LogP contribution in [-0.4, -0.2) is 10.5 Å². The molecule has 0 aliphatic heterocycles. The summed E-state index contributed by atoms with van der Waals surface area (Å²) >= 11 is 0. The van der Waals surface area contributed by atoms with Gasteiger partial charge in [-0.15, -0.1) is 0 Å². The summed E-state index contributed by atoms with van der Waals surface area (Å²) in [7, 11) is 1.65. The second-order valence-electron chi connectivity index (χ2n) is 5.50. The van der Waals surface area contributed by atoms with Gasteiger partial charge in [0.2, 0.25) is 5.43 Å². The van der Waals surface area contributed by atoms with E-state index in [0.29, 0.717) is 10.9 Å². The summed E-state index contributed by atoms with van der Waals surface area (Å²) in [6.07, 6.45) is -3.30. The van der Waals surface area contributed by atoms with Crippen molar-refractivity contribution < 1.29 is 18.0 Å². The Morgan fingerprint density at radius 2 is 1.68 bits per heavy atom. The van der Waals surface area contributed by atoms with Crippen molar-refractivity contribution in [2.45, 2.75) is 6.18 Å². The summed E-state index contributed by atoms with van der Waals surface area (Å²) in [5, 5.41) is 2.51. The minimum Gasteiger partial charge on any atom is -0.350 e. The standard InChI is InChI=1S/C18H13F3N2O2/c1-23-10-12(16(24)11-6-2-5-9-15(11)23)17(25)22-14-8-4-3-7-13(14)18(19,20)21/h2-10H,1H3,(H,22,25). The van der Waals surface area contributed by atoms with Gasteiger partial charge in [-0.3, -0.25) is 9.59 Å². The Kier molecular flexibility index (Phi) is 4.08. The van der Waals surface area contributed by atoms with Gasteiger partial charge in [-0.05, 0) is 24.3 Å². The zero-order chi connectivity index (χ0) is 18.2. The molecule has 0 aliphatic carbocycles. The van der Waals surface area contributed by atoms with E-state index in [0.717, 1.165) is 12.1 Å². The van der Waals surface area contributed by atoms with Crippen LogP contribution >= 0.6 is 0 Å². The Labute approximate surface area is 140 Å². The molecule has 0 spiro atoms. The number of carbonyl (C=O) groups is 1. The molecule has 0 saturated heterocycles. The number of nitrogens with one attached hydrogen (secondary N) is 1. The van der Waals surface area contributed by atoms with Crippen molar-refractivity contribution in [2.24, 2.45) is 7.05 Å². The fourth-order valence-corrected chi connectivity index (χ4v) is 2.63. The van der Waals surface area contributed by atoms with Crippen LogP contribution in [0.5, 0.6) is 0 Å². The molecule has 0 atom stereocenters. The van der Waals surface area contributed by atoms with Crippen molar-refractivity contribution in [2.75, 3.05) is 5.32 Å². The highest BCUT2D eigenvalue weighted by Crippen LogP contribution is 2.34. The molecule has 0 bridgehead atoms. The van der Waals surface area contributed by atoms with Crippen LogP contribution in [0.2, 0.25) is 0 Å². The van der Waals surface area contributed by atoms with Gasteiger partial charge in [-0.2, -0.15) is 13.2 Å². The summed E-state index contributed by atoms with van der Waals surface area (Å²) in [6.45, 7) is 0. The van der Waals surface area contributed by atoms with E-state index >= 15 is 0 Å². The van der Waals surface area contributed by atoms with E-state index in [4.69, 9.17) is 0 Å². The summed E-state index contributed by atoms with van der Waals surface area (Å²) in [5.41, 5.74) is -1.50. The highest BCUT2D eigenvalue weighted by atomic mass is 19.4. The first-order valence-corrected chi connectivity index (χ1v) is 7.35. The molecule has 25 heavy (non-hydrogen) atoms. The lowest BCUT2D eigenvalue weighted by molar-refractivity contribution is -0.136. The number of aromatic nitrogens is 1. The van der Waals surface area contributed by atoms with E-state index in [-0.39, 0.29) is 5.56 Å². The first-order chi connectivity index (χ1) is 11.8. The maximum Gasteiger partial charge on any atom is 0.418 e. The topological polar surface area (TPSA) is 51.1 Å². The predicted molar refractivity (Wildman–Crippen MR) is 88.6 cm³/mol. The fourth-order valence-electron chi connectivity index (χ4n) is 2.63. The normalized spacial score (nSPS) is 11.5. The molecule has 3 rings (SSSR count). The largest absolute Gasteiger partial charge is 0.418 e. The van der Waals surface area contributed by atoms with Crippen molar-refractivity contribution in [1.29, 1.82) is 0 Å². The SMILES string of the molecule is Cn1cc(C(=O)Nc2ccccc2C(F)(F)F)c(=O)c2ccccc21. The van der Waals surface area contributed by atoms with Crippen LogP contribution in [0.1, 0.15) is 15.9 Å².